The molecule has 0 radical (unpaired) electrons. The summed E-state index contributed by atoms with van der Waals surface area (Å²) in [6.07, 6.45) is 5.87. The van der Waals surface area contributed by atoms with Crippen molar-refractivity contribution in [2.45, 2.75) is 66.2 Å². The van der Waals surface area contributed by atoms with Gasteiger partial charge in [0, 0.05) is 21.5 Å². The van der Waals surface area contributed by atoms with Gasteiger partial charge in [0.05, 0.1) is 13.2 Å². The summed E-state index contributed by atoms with van der Waals surface area (Å²) < 4.78 is 22.9. The Morgan fingerprint density at radius 1 is 0.694 bits per heavy atom. The number of rotatable bonds is 14. The summed E-state index contributed by atoms with van der Waals surface area (Å²) in [5, 5.41) is 3.29. The number of carbonyl (C=O) groups is 2. The predicted octanol–water partition coefficient (Wildman–Crippen LogP) is 6.83. The Morgan fingerprint density at radius 2 is 1.31 bits per heavy atom. The fourth-order valence-electron chi connectivity index (χ4n) is 4.21. The molecule has 3 rings (SSSR count). The van der Waals surface area contributed by atoms with Gasteiger partial charge in [-0.1, -0.05) is 75.4 Å². The van der Waals surface area contributed by atoms with E-state index in [1.807, 2.05) is 50.2 Å². The molecule has 0 N–H and O–H groups in total. The van der Waals surface area contributed by atoms with Gasteiger partial charge in [-0.15, -0.1) is 0 Å². The van der Waals surface area contributed by atoms with E-state index in [-0.39, 0.29) is 25.2 Å². The van der Waals surface area contributed by atoms with Gasteiger partial charge >= 0.3 is 11.9 Å². The standard InChI is InChI=1S/C30H38O6/c1-5-7-9-16-33-26(31)19-35-29-24-13-11-12-22(4)28(24)30(23-15-14-21(3)18-25(23)29)36-20-27(32)34-17-10-8-6-2/h11-15,18H,5-10,16-17,19-20H2,1-4H3. The van der Waals surface area contributed by atoms with Crippen LogP contribution in [0.2, 0.25) is 0 Å². The van der Waals surface area contributed by atoms with E-state index in [0.29, 0.717) is 24.7 Å². The molecule has 6 heteroatoms. The SMILES string of the molecule is CCCCCOC(=O)COc1c2cc(C)ccc2c(OCC(=O)OCCCCC)c2c(C)cccc12. The Hall–Kier alpha value is -3.28. The van der Waals surface area contributed by atoms with Gasteiger partial charge in [-0.25, -0.2) is 9.59 Å². The van der Waals surface area contributed by atoms with Crippen molar-refractivity contribution in [3.63, 3.8) is 0 Å². The van der Waals surface area contributed by atoms with Crippen molar-refractivity contribution in [2.24, 2.45) is 0 Å². The zero-order chi connectivity index (χ0) is 25.9. The van der Waals surface area contributed by atoms with Crippen LogP contribution >= 0.6 is 0 Å². The number of aryl methyl sites for hydroxylation is 2. The molecule has 0 fully saturated rings. The molecule has 6 nitrogen and oxygen atoms in total. The molecule has 0 atom stereocenters. The fourth-order valence-corrected chi connectivity index (χ4v) is 4.21. The lowest BCUT2D eigenvalue weighted by Crippen LogP contribution is -2.17. The van der Waals surface area contributed by atoms with E-state index < -0.39 is 0 Å². The quantitative estimate of drug-likeness (QED) is 0.139. The van der Waals surface area contributed by atoms with Crippen LogP contribution in [0.15, 0.2) is 36.4 Å². The summed E-state index contributed by atoms with van der Waals surface area (Å²) >= 11 is 0. The molecule has 0 saturated carbocycles. The predicted molar refractivity (Wildman–Crippen MR) is 143 cm³/mol. The van der Waals surface area contributed by atoms with Gasteiger partial charge in [-0.3, -0.25) is 0 Å². The Balaban J connectivity index is 1.91. The molecule has 0 saturated heterocycles. The van der Waals surface area contributed by atoms with Crippen molar-refractivity contribution < 1.29 is 28.5 Å². The van der Waals surface area contributed by atoms with Gasteiger partial charge in [0.1, 0.15) is 11.5 Å². The molecule has 0 heterocycles. The first-order valence-electron chi connectivity index (χ1n) is 13.0. The van der Waals surface area contributed by atoms with Crippen LogP contribution in [-0.2, 0) is 19.1 Å². The molecular formula is C30H38O6. The van der Waals surface area contributed by atoms with Gasteiger partial charge in [-0.05, 0) is 38.3 Å². The molecule has 0 aliphatic carbocycles. The van der Waals surface area contributed by atoms with Crippen molar-refractivity contribution in [2.75, 3.05) is 26.4 Å². The average Bonchev–Trinajstić information content (AvgIpc) is 2.86. The highest BCUT2D eigenvalue weighted by atomic mass is 16.6. The van der Waals surface area contributed by atoms with Crippen molar-refractivity contribution in [1.29, 1.82) is 0 Å². The molecule has 194 valence electrons. The molecule has 0 aromatic heterocycles. The molecule has 3 aromatic carbocycles. The minimum Gasteiger partial charge on any atom is -0.481 e. The molecule has 0 aliphatic rings. The zero-order valence-electron chi connectivity index (χ0n) is 22.0. The molecule has 0 aliphatic heterocycles. The van der Waals surface area contributed by atoms with E-state index in [1.165, 1.54) is 0 Å². The third kappa shape index (κ3) is 7.12. The molecule has 3 aromatic rings. The lowest BCUT2D eigenvalue weighted by molar-refractivity contribution is -0.147. The Bertz CT molecular complexity index is 1180. The number of hydrogen-bond donors (Lipinski definition) is 0. The Kier molecular flexibility index (Phi) is 10.4. The Labute approximate surface area is 213 Å². The van der Waals surface area contributed by atoms with E-state index in [0.717, 1.165) is 71.2 Å². The third-order valence-electron chi connectivity index (χ3n) is 6.10. The lowest BCUT2D eigenvalue weighted by Gasteiger charge is -2.19. The number of ether oxygens (including phenoxy) is 4. The molecule has 0 bridgehead atoms. The van der Waals surface area contributed by atoms with Gasteiger partial charge in [-0.2, -0.15) is 0 Å². The zero-order valence-corrected chi connectivity index (χ0v) is 22.0. The van der Waals surface area contributed by atoms with Crippen LogP contribution < -0.4 is 9.47 Å². The summed E-state index contributed by atoms with van der Waals surface area (Å²) in [6, 6.07) is 11.9. The van der Waals surface area contributed by atoms with Crippen LogP contribution in [0, 0.1) is 13.8 Å². The number of fused-ring (bicyclic) bond motifs is 2. The first-order valence-corrected chi connectivity index (χ1v) is 13.0. The maximum absolute atomic E-state index is 12.3. The number of benzene rings is 3. The van der Waals surface area contributed by atoms with Crippen molar-refractivity contribution in [3.8, 4) is 11.5 Å². The summed E-state index contributed by atoms with van der Waals surface area (Å²) in [4.78, 5) is 24.7. The van der Waals surface area contributed by atoms with Crippen LogP contribution in [0.5, 0.6) is 11.5 Å². The second-order valence-electron chi connectivity index (χ2n) is 9.14. The maximum Gasteiger partial charge on any atom is 0.344 e. The summed E-state index contributed by atoms with van der Waals surface area (Å²) in [6.45, 7) is 8.65. The largest absolute Gasteiger partial charge is 0.481 e. The van der Waals surface area contributed by atoms with E-state index in [4.69, 9.17) is 18.9 Å². The van der Waals surface area contributed by atoms with Crippen LogP contribution in [0.4, 0.5) is 0 Å². The number of carbonyl (C=O) groups excluding carboxylic acids is 2. The first-order chi connectivity index (χ1) is 17.5. The van der Waals surface area contributed by atoms with E-state index in [9.17, 15) is 9.59 Å². The van der Waals surface area contributed by atoms with E-state index in [1.54, 1.807) is 0 Å². The van der Waals surface area contributed by atoms with Crippen LogP contribution in [0.25, 0.3) is 21.5 Å². The van der Waals surface area contributed by atoms with Crippen LogP contribution in [0.3, 0.4) is 0 Å². The van der Waals surface area contributed by atoms with Crippen molar-refractivity contribution in [3.05, 3.63) is 47.5 Å². The second kappa shape index (κ2) is 13.7. The fraction of sp³-hybridized carbons (Fsp3) is 0.467. The molecule has 0 spiro atoms. The highest BCUT2D eigenvalue weighted by Gasteiger charge is 2.20. The minimum atomic E-state index is -0.390. The third-order valence-corrected chi connectivity index (χ3v) is 6.10. The summed E-state index contributed by atoms with van der Waals surface area (Å²) in [5.41, 5.74) is 2.02. The van der Waals surface area contributed by atoms with Gasteiger partial charge in [0.2, 0.25) is 0 Å². The highest BCUT2D eigenvalue weighted by molar-refractivity contribution is 6.12. The smallest absolute Gasteiger partial charge is 0.344 e. The monoisotopic (exact) mass is 494 g/mol. The topological polar surface area (TPSA) is 71.1 Å². The summed E-state index contributed by atoms with van der Waals surface area (Å²) in [7, 11) is 0. The molecule has 0 unspecified atom stereocenters. The second-order valence-corrected chi connectivity index (χ2v) is 9.14. The normalized spacial score (nSPS) is 11.0. The minimum absolute atomic E-state index is 0.178. The summed E-state index contributed by atoms with van der Waals surface area (Å²) in [5.74, 6) is 0.434. The number of hydrogen-bond acceptors (Lipinski definition) is 6. The average molecular weight is 495 g/mol. The highest BCUT2D eigenvalue weighted by Crippen LogP contribution is 2.44. The lowest BCUT2D eigenvalue weighted by atomic mass is 9.96. The Morgan fingerprint density at radius 3 is 1.92 bits per heavy atom. The van der Waals surface area contributed by atoms with Crippen LogP contribution in [0.1, 0.15) is 63.5 Å². The van der Waals surface area contributed by atoms with E-state index in [2.05, 4.69) is 13.8 Å². The number of esters is 2. The first kappa shape index (κ1) is 27.3. The molecule has 36 heavy (non-hydrogen) atoms. The van der Waals surface area contributed by atoms with Crippen molar-refractivity contribution >= 4 is 33.5 Å². The van der Waals surface area contributed by atoms with Gasteiger partial charge < -0.3 is 18.9 Å². The maximum atomic E-state index is 12.3. The molecular weight excluding hydrogens is 456 g/mol. The van der Waals surface area contributed by atoms with Crippen molar-refractivity contribution in [1.82, 2.24) is 0 Å². The van der Waals surface area contributed by atoms with E-state index >= 15 is 0 Å². The van der Waals surface area contributed by atoms with Gasteiger partial charge in [0.15, 0.2) is 13.2 Å². The number of unbranched alkanes of at least 4 members (excludes halogenated alkanes) is 4. The van der Waals surface area contributed by atoms with Gasteiger partial charge in [0.25, 0.3) is 0 Å². The molecule has 0 amide bonds. The van der Waals surface area contributed by atoms with Crippen LogP contribution in [-0.4, -0.2) is 38.4 Å².